The average molecular weight is 600 g/mol. The van der Waals surface area contributed by atoms with E-state index in [0.29, 0.717) is 19.3 Å². The molecule has 1 aromatic heterocycles. The molecule has 2 fully saturated rings. The summed E-state index contributed by atoms with van der Waals surface area (Å²) in [7, 11) is -8.94. The zero-order valence-corrected chi connectivity index (χ0v) is 21.4. The SMILES string of the molecule is COC(=O)C1(c2c(C#N)nn(-c3c(Cl)cc(S(F)(F)(F)(F)F)cc3Cl)c2NCC2CC2(Cl)Cl)CC1. The van der Waals surface area contributed by atoms with E-state index in [1.54, 1.807) is 0 Å². The van der Waals surface area contributed by atoms with Gasteiger partial charge >= 0.3 is 16.2 Å². The monoisotopic (exact) mass is 598 g/mol. The third kappa shape index (κ3) is 4.73. The van der Waals surface area contributed by atoms with Crippen molar-refractivity contribution < 1.29 is 29.0 Å². The Morgan fingerprint density at radius 2 is 1.80 bits per heavy atom. The van der Waals surface area contributed by atoms with Crippen molar-refractivity contribution in [2.75, 3.05) is 19.0 Å². The summed E-state index contributed by atoms with van der Waals surface area (Å²) in [5.41, 5.74) is -1.78. The predicted octanol–water partition coefficient (Wildman–Crippen LogP) is 7.52. The lowest BCUT2D eigenvalue weighted by molar-refractivity contribution is -0.143. The number of halogens is 9. The minimum absolute atomic E-state index is 0.00405. The van der Waals surface area contributed by atoms with Gasteiger partial charge in [-0.1, -0.05) is 42.6 Å². The number of nitrogens with one attached hydrogen (secondary N) is 1. The summed E-state index contributed by atoms with van der Waals surface area (Å²) < 4.78 is 71.6. The van der Waals surface area contributed by atoms with Gasteiger partial charge in [0.1, 0.15) is 26.8 Å². The van der Waals surface area contributed by atoms with Crippen LogP contribution in [0.25, 0.3) is 5.69 Å². The van der Waals surface area contributed by atoms with Crippen molar-refractivity contribution in [2.24, 2.45) is 5.92 Å². The lowest BCUT2D eigenvalue weighted by Gasteiger charge is -2.40. The maximum atomic E-state index is 13.4. The number of benzene rings is 1. The molecular formula is C19H15Cl4F5N4O2S. The molecule has 0 radical (unpaired) electrons. The van der Waals surface area contributed by atoms with Crippen LogP contribution in [0.3, 0.4) is 0 Å². The van der Waals surface area contributed by atoms with Crippen LogP contribution in [0.15, 0.2) is 17.0 Å². The van der Waals surface area contributed by atoms with Gasteiger partial charge in [0.25, 0.3) is 0 Å². The predicted molar refractivity (Wildman–Crippen MR) is 124 cm³/mol. The van der Waals surface area contributed by atoms with Gasteiger partial charge in [-0.3, -0.25) is 4.79 Å². The van der Waals surface area contributed by atoms with Crippen LogP contribution < -0.4 is 5.32 Å². The highest BCUT2D eigenvalue weighted by Crippen LogP contribution is 3.02. The van der Waals surface area contributed by atoms with E-state index >= 15 is 0 Å². The molecular weight excluding hydrogens is 585 g/mol. The second kappa shape index (κ2) is 7.44. The molecule has 1 unspecified atom stereocenters. The van der Waals surface area contributed by atoms with Gasteiger partial charge in [-0.2, -0.15) is 10.4 Å². The molecule has 1 heterocycles. The van der Waals surface area contributed by atoms with Crippen molar-refractivity contribution in [3.8, 4) is 11.8 Å². The number of ether oxygens (including phenoxy) is 1. The molecule has 6 nitrogen and oxygen atoms in total. The molecule has 0 saturated heterocycles. The van der Waals surface area contributed by atoms with E-state index in [2.05, 4.69) is 10.4 Å². The number of rotatable bonds is 7. The highest BCUT2D eigenvalue weighted by Gasteiger charge is 2.66. The maximum Gasteiger partial charge on any atom is 0.316 e. The van der Waals surface area contributed by atoms with Gasteiger partial charge in [0.15, 0.2) is 5.69 Å². The molecule has 4 rings (SSSR count). The van der Waals surface area contributed by atoms with E-state index in [1.165, 1.54) is 0 Å². The molecule has 2 aliphatic rings. The van der Waals surface area contributed by atoms with Gasteiger partial charge in [0.2, 0.25) is 0 Å². The number of nitrogens with zero attached hydrogens (tertiary/aromatic N) is 3. The number of methoxy groups -OCH3 is 1. The summed E-state index contributed by atoms with van der Waals surface area (Å²) in [5, 5.41) is 15.2. The van der Waals surface area contributed by atoms with Crippen LogP contribution in [0.1, 0.15) is 30.5 Å². The number of hydrogen-bond donors (Lipinski definition) is 1. The van der Waals surface area contributed by atoms with Crippen LogP contribution in [0.2, 0.25) is 10.0 Å². The van der Waals surface area contributed by atoms with Gasteiger partial charge in [0.05, 0.1) is 28.1 Å². The first-order valence-corrected chi connectivity index (χ1v) is 13.3. The number of nitriles is 1. The molecule has 1 N–H and O–H groups in total. The van der Waals surface area contributed by atoms with Gasteiger partial charge in [0, 0.05) is 12.5 Å². The van der Waals surface area contributed by atoms with Crippen LogP contribution in [0.5, 0.6) is 0 Å². The Balaban J connectivity index is 1.92. The molecule has 0 aliphatic heterocycles. The second-order valence-corrected chi connectivity index (χ2v) is 13.2. The van der Waals surface area contributed by atoms with Crippen LogP contribution in [0, 0.1) is 17.2 Å². The van der Waals surface area contributed by atoms with Crippen LogP contribution in [-0.2, 0) is 14.9 Å². The Bertz CT molecular complexity index is 1280. The third-order valence-electron chi connectivity index (χ3n) is 5.92. The average Bonchev–Trinajstić information content (AvgIpc) is 3.60. The molecule has 16 heteroatoms. The molecule has 0 amide bonds. The number of hydrogen-bond acceptors (Lipinski definition) is 5. The molecule has 1 aromatic carbocycles. The Kier molecular flexibility index (Phi) is 5.62. The summed E-state index contributed by atoms with van der Waals surface area (Å²) >= 11 is 24.2. The zero-order chi connectivity index (χ0) is 26.3. The normalized spacial score (nSPS) is 21.9. The molecule has 192 valence electrons. The molecule has 2 saturated carbocycles. The van der Waals surface area contributed by atoms with Crippen molar-refractivity contribution in [3.05, 3.63) is 33.4 Å². The Morgan fingerprint density at radius 3 is 2.20 bits per heavy atom. The quantitative estimate of drug-likeness (QED) is 0.202. The third-order valence-corrected chi connectivity index (χ3v) is 8.54. The number of anilines is 1. The molecule has 1 atom stereocenters. The summed E-state index contributed by atoms with van der Waals surface area (Å²) in [6, 6.07) is 1.92. The number of alkyl halides is 2. The smallest absolute Gasteiger partial charge is 0.316 e. The minimum Gasteiger partial charge on any atom is -0.468 e. The summed E-state index contributed by atoms with van der Waals surface area (Å²) in [6.07, 6.45) is 1.04. The van der Waals surface area contributed by atoms with E-state index < -0.39 is 46.6 Å². The number of esters is 1. The van der Waals surface area contributed by atoms with E-state index in [1.807, 2.05) is 6.07 Å². The molecule has 2 aliphatic carbocycles. The number of aromatic nitrogens is 2. The first-order chi connectivity index (χ1) is 15.8. The molecule has 0 spiro atoms. The van der Waals surface area contributed by atoms with E-state index in [9.17, 15) is 29.5 Å². The standard InChI is InChI=1S/C19H15Cl4F5N4O2S/c1-34-17(33)18(2-3-18)14-13(7-29)31-32(16(14)30-8-9-6-19(9,22)23)15-11(20)4-10(5-12(15)21)35(24,25,26,27)28/h4-5,9,30H,2-3,6,8H2,1H3. The van der Waals surface area contributed by atoms with Crippen molar-refractivity contribution in [1.29, 1.82) is 5.26 Å². The molecule has 0 bridgehead atoms. The zero-order valence-electron chi connectivity index (χ0n) is 17.5. The van der Waals surface area contributed by atoms with Crippen LogP contribution in [0.4, 0.5) is 25.2 Å². The van der Waals surface area contributed by atoms with Crippen LogP contribution >= 0.6 is 56.6 Å². The highest BCUT2D eigenvalue weighted by molar-refractivity contribution is 8.45. The number of carbonyl (C=O) groups excluding carboxylic acids is 1. The molecule has 35 heavy (non-hydrogen) atoms. The van der Waals surface area contributed by atoms with E-state index in [-0.39, 0.29) is 41.7 Å². The van der Waals surface area contributed by atoms with Crippen molar-refractivity contribution in [1.82, 2.24) is 9.78 Å². The summed E-state index contributed by atoms with van der Waals surface area (Å²) in [6.45, 7) is 0.132. The summed E-state index contributed by atoms with van der Waals surface area (Å²) in [5.74, 6) is -0.882. The van der Waals surface area contributed by atoms with Gasteiger partial charge in [-0.25, -0.2) is 4.68 Å². The second-order valence-electron chi connectivity index (χ2n) is 8.42. The Labute approximate surface area is 215 Å². The van der Waals surface area contributed by atoms with Crippen molar-refractivity contribution >= 4 is 68.4 Å². The van der Waals surface area contributed by atoms with Crippen molar-refractivity contribution in [3.63, 3.8) is 0 Å². The fourth-order valence-electron chi connectivity index (χ4n) is 3.83. The van der Waals surface area contributed by atoms with E-state index in [4.69, 9.17) is 51.1 Å². The number of carbonyl (C=O) groups is 1. The molecule has 2 aromatic rings. The lowest BCUT2D eigenvalue weighted by atomic mass is 9.95. The fourth-order valence-corrected chi connectivity index (χ4v) is 5.81. The fraction of sp³-hybridized carbons (Fsp3) is 0.421. The van der Waals surface area contributed by atoms with Gasteiger partial charge < -0.3 is 10.1 Å². The minimum atomic E-state index is -10.1. The van der Waals surface area contributed by atoms with Gasteiger partial charge in [-0.15, -0.1) is 23.2 Å². The van der Waals surface area contributed by atoms with Crippen LogP contribution in [-0.4, -0.2) is 33.7 Å². The highest BCUT2D eigenvalue weighted by atomic mass is 35.5. The summed E-state index contributed by atoms with van der Waals surface area (Å²) in [4.78, 5) is 10.3. The lowest BCUT2D eigenvalue weighted by Crippen LogP contribution is -2.24. The van der Waals surface area contributed by atoms with Gasteiger partial charge in [-0.05, 0) is 31.4 Å². The first-order valence-electron chi connectivity index (χ1n) is 9.82. The largest absolute Gasteiger partial charge is 0.468 e. The maximum absolute atomic E-state index is 13.4. The first kappa shape index (κ1) is 26.4. The van der Waals surface area contributed by atoms with Crippen molar-refractivity contribution in [2.45, 2.75) is 33.9 Å². The topological polar surface area (TPSA) is 79.9 Å². The van der Waals surface area contributed by atoms with E-state index in [0.717, 1.165) is 11.8 Å². The Morgan fingerprint density at radius 1 is 1.26 bits per heavy atom. The Hall–Kier alpha value is -1.65.